The number of nitrogens with one attached hydrogen (secondary N) is 1. The number of hydrogen-bond acceptors (Lipinski definition) is 9. The number of ether oxygens (including phenoxy) is 2. The van der Waals surface area contributed by atoms with Crippen molar-refractivity contribution >= 4 is 16.0 Å². The van der Waals surface area contributed by atoms with Crippen LogP contribution in [0, 0.1) is 12.7 Å². The molecule has 1 aromatic carbocycles. The maximum Gasteiger partial charge on any atom is 0.243 e. The van der Waals surface area contributed by atoms with E-state index in [0.717, 1.165) is 17.8 Å². The highest BCUT2D eigenvalue weighted by Crippen LogP contribution is 2.38. The van der Waals surface area contributed by atoms with Gasteiger partial charge >= 0.3 is 0 Å². The second kappa shape index (κ2) is 10.5. The molecule has 2 N–H and O–H groups in total. The van der Waals surface area contributed by atoms with Gasteiger partial charge in [-0.25, -0.2) is 12.8 Å². The van der Waals surface area contributed by atoms with E-state index in [0.29, 0.717) is 22.7 Å². The monoisotopic (exact) mass is 528 g/mol. The van der Waals surface area contributed by atoms with Crippen molar-refractivity contribution in [2.75, 3.05) is 18.9 Å². The van der Waals surface area contributed by atoms with Crippen LogP contribution < -0.4 is 14.2 Å². The molecule has 0 radical (unpaired) electrons. The van der Waals surface area contributed by atoms with E-state index in [-0.39, 0.29) is 17.5 Å². The van der Waals surface area contributed by atoms with Crippen molar-refractivity contribution in [3.8, 4) is 28.6 Å². The van der Waals surface area contributed by atoms with Crippen molar-refractivity contribution in [2.24, 2.45) is 0 Å². The number of nitrogens with zero attached hydrogens (tertiary/aromatic N) is 5. The average molecular weight is 529 g/mol. The lowest BCUT2D eigenvalue weighted by Crippen LogP contribution is -2.32. The molecule has 0 saturated carbocycles. The number of halogens is 1. The molecule has 37 heavy (non-hydrogen) atoms. The lowest BCUT2D eigenvalue weighted by molar-refractivity contribution is 0.171. The Morgan fingerprint density at radius 1 is 1.05 bits per heavy atom. The van der Waals surface area contributed by atoms with Gasteiger partial charge in [-0.1, -0.05) is 6.07 Å². The van der Waals surface area contributed by atoms with Crippen molar-refractivity contribution < 1.29 is 27.4 Å². The summed E-state index contributed by atoms with van der Waals surface area (Å²) in [6.07, 6.45) is 2.60. The minimum atomic E-state index is -4.27. The van der Waals surface area contributed by atoms with Gasteiger partial charge < -0.3 is 14.6 Å². The molecule has 0 aliphatic carbocycles. The summed E-state index contributed by atoms with van der Waals surface area (Å²) in [4.78, 5) is 8.00. The Kier molecular flexibility index (Phi) is 7.36. The van der Waals surface area contributed by atoms with Gasteiger partial charge in [0.25, 0.3) is 0 Å². The molecule has 0 aliphatic heterocycles. The van der Waals surface area contributed by atoms with Crippen LogP contribution in [0.5, 0.6) is 11.5 Å². The smallest absolute Gasteiger partial charge is 0.243 e. The topological polar surface area (TPSA) is 141 Å². The number of benzene rings is 1. The van der Waals surface area contributed by atoms with Gasteiger partial charge in [-0.3, -0.25) is 19.3 Å². The Balaban J connectivity index is 1.83. The minimum absolute atomic E-state index is 0.00124. The second-order valence-electron chi connectivity index (χ2n) is 8.14. The summed E-state index contributed by atoms with van der Waals surface area (Å²) in [5.41, 5.74) is 1.76. The Labute approximate surface area is 213 Å². The van der Waals surface area contributed by atoms with E-state index in [4.69, 9.17) is 9.47 Å². The molecule has 0 fully saturated rings. The summed E-state index contributed by atoms with van der Waals surface area (Å²) in [7, 11) is -1.34. The lowest BCUT2D eigenvalue weighted by Gasteiger charge is -2.21. The zero-order valence-corrected chi connectivity index (χ0v) is 21.3. The number of aliphatic hydroxyl groups is 1. The molecule has 0 saturated heterocycles. The van der Waals surface area contributed by atoms with Gasteiger partial charge in [0.1, 0.15) is 34.4 Å². The number of aromatic nitrogens is 5. The number of anilines is 1. The third-order valence-corrected chi connectivity index (χ3v) is 7.35. The first-order valence-electron chi connectivity index (χ1n) is 11.1. The number of pyridine rings is 2. The number of aryl methyl sites for hydroxylation is 1. The number of rotatable bonds is 9. The molecule has 0 unspecified atom stereocenters. The molecule has 11 nitrogen and oxygen atoms in total. The van der Waals surface area contributed by atoms with Gasteiger partial charge in [0.2, 0.25) is 16.0 Å². The van der Waals surface area contributed by atoms with E-state index in [1.165, 1.54) is 31.8 Å². The fourth-order valence-corrected chi connectivity index (χ4v) is 4.72. The van der Waals surface area contributed by atoms with Crippen LogP contribution in [0.1, 0.15) is 24.3 Å². The summed E-state index contributed by atoms with van der Waals surface area (Å²) < 4.78 is 54.9. The van der Waals surface area contributed by atoms with Crippen molar-refractivity contribution in [3.05, 3.63) is 72.1 Å². The second-order valence-corrected chi connectivity index (χ2v) is 10.2. The van der Waals surface area contributed by atoms with E-state index in [1.54, 1.807) is 30.6 Å². The molecule has 194 valence electrons. The van der Waals surface area contributed by atoms with Crippen LogP contribution >= 0.6 is 0 Å². The highest BCUT2D eigenvalue weighted by Gasteiger charge is 2.33. The first kappa shape index (κ1) is 26.0. The van der Waals surface area contributed by atoms with Crippen LogP contribution in [0.25, 0.3) is 17.1 Å². The number of aliphatic hydroxyl groups excluding tert-OH is 1. The molecule has 13 heteroatoms. The Morgan fingerprint density at radius 3 is 2.35 bits per heavy atom. The molecule has 3 aromatic heterocycles. The lowest BCUT2D eigenvalue weighted by atomic mass is 10.2. The molecule has 4 aromatic rings. The summed E-state index contributed by atoms with van der Waals surface area (Å²) in [6.45, 7) is 3.16. The maximum atomic E-state index is 13.3. The standard InChI is InChI=1S/C24H25FN6O5S/c1-14-10-16(12-26-11-14)23-28-29-24(31(23)21-19(35-3)6-5-7-20(21)36-4)30-37(33,34)15(2)22(32)18-9-8-17(25)13-27-18/h5-13,15,22,32H,1-4H3,(H,29,30)/t15-,22+/m1/s1. The predicted molar refractivity (Wildman–Crippen MR) is 134 cm³/mol. The van der Waals surface area contributed by atoms with Crippen molar-refractivity contribution in [2.45, 2.75) is 25.2 Å². The zero-order chi connectivity index (χ0) is 26.7. The largest absolute Gasteiger partial charge is 0.494 e. The maximum absolute atomic E-state index is 13.3. The van der Waals surface area contributed by atoms with Gasteiger partial charge in [-0.2, -0.15) is 0 Å². The normalized spacial score (nSPS) is 13.1. The van der Waals surface area contributed by atoms with Crippen LogP contribution in [-0.2, 0) is 10.0 Å². The molecule has 0 spiro atoms. The van der Waals surface area contributed by atoms with E-state index in [2.05, 4.69) is 24.9 Å². The summed E-state index contributed by atoms with van der Waals surface area (Å²) in [6, 6.07) is 9.21. The number of sulfonamides is 1. The van der Waals surface area contributed by atoms with E-state index < -0.39 is 27.2 Å². The van der Waals surface area contributed by atoms with E-state index >= 15 is 0 Å². The van der Waals surface area contributed by atoms with Gasteiger partial charge in [0, 0.05) is 18.0 Å². The fraction of sp³-hybridized carbons (Fsp3) is 0.250. The molecule has 4 rings (SSSR count). The van der Waals surface area contributed by atoms with Crippen LogP contribution in [0.15, 0.2) is 55.0 Å². The van der Waals surface area contributed by atoms with Gasteiger partial charge in [-0.15, -0.1) is 10.2 Å². The molecule has 3 heterocycles. The van der Waals surface area contributed by atoms with Gasteiger partial charge in [0.15, 0.2) is 5.82 Å². The van der Waals surface area contributed by atoms with Crippen molar-refractivity contribution in [1.82, 2.24) is 24.7 Å². The van der Waals surface area contributed by atoms with Crippen molar-refractivity contribution in [1.29, 1.82) is 0 Å². The molecule has 0 aliphatic rings. The van der Waals surface area contributed by atoms with E-state index in [9.17, 15) is 17.9 Å². The highest BCUT2D eigenvalue weighted by molar-refractivity contribution is 7.93. The number of hydrogen-bond donors (Lipinski definition) is 2. The average Bonchev–Trinajstić information content (AvgIpc) is 3.29. The molecule has 0 bridgehead atoms. The summed E-state index contributed by atoms with van der Waals surface area (Å²) >= 11 is 0. The quantitative estimate of drug-likeness (QED) is 0.335. The van der Waals surface area contributed by atoms with Crippen LogP contribution in [0.4, 0.5) is 10.3 Å². The SMILES string of the molecule is COc1cccc(OC)c1-n1c(NS(=O)(=O)[C@H](C)[C@H](O)c2ccc(F)cn2)nnc1-c1cncc(C)c1. The Bertz CT molecular complexity index is 1490. The molecule has 2 atom stereocenters. The number of methoxy groups -OCH3 is 2. The minimum Gasteiger partial charge on any atom is -0.494 e. The number of para-hydroxylation sites is 1. The zero-order valence-electron chi connectivity index (χ0n) is 20.5. The third kappa shape index (κ3) is 5.22. The first-order chi connectivity index (χ1) is 17.7. The van der Waals surface area contributed by atoms with Gasteiger partial charge in [-0.05, 0) is 49.7 Å². The van der Waals surface area contributed by atoms with Crippen LogP contribution in [0.2, 0.25) is 0 Å². The Morgan fingerprint density at radius 2 is 1.76 bits per heavy atom. The summed E-state index contributed by atoms with van der Waals surface area (Å²) in [5.74, 6) is 0.215. The molecular formula is C24H25FN6O5S. The van der Waals surface area contributed by atoms with Crippen molar-refractivity contribution in [3.63, 3.8) is 0 Å². The molecule has 0 amide bonds. The van der Waals surface area contributed by atoms with Gasteiger partial charge in [0.05, 0.1) is 26.1 Å². The predicted octanol–water partition coefficient (Wildman–Crippen LogP) is 3.05. The van der Waals surface area contributed by atoms with Crippen LogP contribution in [-0.4, -0.2) is 57.7 Å². The first-order valence-corrected chi connectivity index (χ1v) is 12.6. The Hall–Kier alpha value is -4.10. The summed E-state index contributed by atoms with van der Waals surface area (Å²) in [5, 5.41) is 17.6. The van der Waals surface area contributed by atoms with E-state index in [1.807, 2.05) is 13.0 Å². The van der Waals surface area contributed by atoms with Crippen LogP contribution in [0.3, 0.4) is 0 Å². The fourth-order valence-electron chi connectivity index (χ4n) is 3.67. The highest BCUT2D eigenvalue weighted by atomic mass is 32.2. The third-order valence-electron chi connectivity index (χ3n) is 5.64. The molecular weight excluding hydrogens is 503 g/mol.